The van der Waals surface area contributed by atoms with Crippen LogP contribution in [0.15, 0.2) is 9.30 Å². The second-order valence-corrected chi connectivity index (χ2v) is 5.85. The Morgan fingerprint density at radius 3 is 2.46 bits per heavy atom. The van der Waals surface area contributed by atoms with Crippen LogP contribution in [0.3, 0.4) is 0 Å². The van der Waals surface area contributed by atoms with Gasteiger partial charge in [-0.1, -0.05) is 0 Å². The summed E-state index contributed by atoms with van der Waals surface area (Å²) in [5.41, 5.74) is -5.13. The van der Waals surface area contributed by atoms with Crippen molar-refractivity contribution in [1.29, 1.82) is 0 Å². The molecule has 0 atom stereocenters. The number of aromatic nitrogens is 1. The van der Waals surface area contributed by atoms with Crippen LogP contribution in [-0.4, -0.2) is 14.8 Å². The van der Waals surface area contributed by atoms with Crippen LogP contribution in [-0.2, 0) is 10.2 Å². The van der Waals surface area contributed by atoms with Gasteiger partial charge in [-0.25, -0.2) is 4.98 Å². The predicted molar refractivity (Wildman–Crippen MR) is 45.8 cm³/mol. The fourth-order valence-corrected chi connectivity index (χ4v) is 2.07. The highest BCUT2D eigenvalue weighted by Crippen LogP contribution is 2.59. The Morgan fingerprint density at radius 1 is 1.62 bits per heavy atom. The van der Waals surface area contributed by atoms with Crippen molar-refractivity contribution in [3.05, 3.63) is 15.0 Å². The molecule has 9 heteroatoms. The normalized spacial score (nSPS) is 13.3. The van der Waals surface area contributed by atoms with E-state index >= 15 is 0 Å². The van der Waals surface area contributed by atoms with Crippen molar-refractivity contribution in [1.82, 2.24) is 4.98 Å². The van der Waals surface area contributed by atoms with Gasteiger partial charge in [0.15, 0.2) is 3.92 Å². The maximum absolute atomic E-state index is 12.8. The van der Waals surface area contributed by atoms with E-state index < -0.39 is 19.0 Å². The number of thiazole rings is 1. The van der Waals surface area contributed by atoms with E-state index in [2.05, 4.69) is 20.9 Å². The van der Waals surface area contributed by atoms with E-state index in [0.717, 1.165) is 16.7 Å². The van der Waals surface area contributed by atoms with Gasteiger partial charge in [0.05, 0.1) is 0 Å². The third-order valence-corrected chi connectivity index (χ3v) is 3.48. The minimum Gasteiger partial charge on any atom is -0.320 e. The van der Waals surface area contributed by atoms with Crippen LogP contribution in [0.2, 0.25) is 0 Å². The molecule has 0 aromatic carbocycles. The summed E-state index contributed by atoms with van der Waals surface area (Å²) < 4.78 is 36.2. The zero-order valence-corrected chi connectivity index (χ0v) is 9.11. The minimum atomic E-state index is -5.49. The molecule has 0 aliphatic heterocycles. The summed E-state index contributed by atoms with van der Waals surface area (Å²) in [5.74, 6) is 0. The minimum absolute atomic E-state index is 0.149. The topological polar surface area (TPSA) is 70.4 Å². The van der Waals surface area contributed by atoms with Crippen molar-refractivity contribution in [3.63, 3.8) is 0 Å². The Bertz CT molecular complexity index is 364. The summed E-state index contributed by atoms with van der Waals surface area (Å²) >= 11 is 3.64. The van der Waals surface area contributed by atoms with Gasteiger partial charge in [-0.05, 0) is 15.9 Å². The van der Waals surface area contributed by atoms with Crippen LogP contribution in [0.5, 0.6) is 0 Å². The summed E-state index contributed by atoms with van der Waals surface area (Å²) in [5, 5.41) is 0.892. The van der Waals surface area contributed by atoms with Gasteiger partial charge in [-0.2, -0.15) is 8.78 Å². The summed E-state index contributed by atoms with van der Waals surface area (Å²) in [6.45, 7) is 0. The molecule has 1 heterocycles. The number of hydrogen-bond acceptors (Lipinski definition) is 3. The largest absolute Gasteiger partial charge is 0.401 e. The first-order valence-corrected chi connectivity index (χ1v) is 6.08. The van der Waals surface area contributed by atoms with E-state index in [0.29, 0.717) is 0 Å². The van der Waals surface area contributed by atoms with Gasteiger partial charge < -0.3 is 9.79 Å². The zero-order valence-electron chi connectivity index (χ0n) is 5.82. The smallest absolute Gasteiger partial charge is 0.320 e. The molecule has 0 radical (unpaired) electrons. The van der Waals surface area contributed by atoms with Crippen molar-refractivity contribution in [2.45, 2.75) is 5.66 Å². The maximum Gasteiger partial charge on any atom is 0.401 e. The SMILES string of the molecule is O=P(O)(O)C(F)(F)c1csc(Br)n1. The Morgan fingerprint density at radius 2 is 2.15 bits per heavy atom. The molecule has 13 heavy (non-hydrogen) atoms. The Labute approximate surface area is 83.9 Å². The molecule has 0 saturated carbocycles. The standard InChI is InChI=1S/C4H3BrF2NO3PS/c5-3-8-2(1-13-3)4(6,7)12(9,10)11/h1H,(H2,9,10,11). The van der Waals surface area contributed by atoms with Crippen molar-refractivity contribution in [3.8, 4) is 0 Å². The molecule has 0 saturated heterocycles. The molecule has 0 unspecified atom stereocenters. The van der Waals surface area contributed by atoms with Gasteiger partial charge in [-0.15, -0.1) is 11.3 Å². The van der Waals surface area contributed by atoms with Crippen LogP contribution < -0.4 is 0 Å². The lowest BCUT2D eigenvalue weighted by atomic mass is 10.5. The van der Waals surface area contributed by atoms with Crippen LogP contribution in [0.25, 0.3) is 0 Å². The molecule has 1 aromatic rings. The van der Waals surface area contributed by atoms with Gasteiger partial charge in [0.2, 0.25) is 0 Å². The molecule has 4 nitrogen and oxygen atoms in total. The van der Waals surface area contributed by atoms with Gasteiger partial charge in [0, 0.05) is 5.38 Å². The fraction of sp³-hybridized carbons (Fsp3) is 0.250. The van der Waals surface area contributed by atoms with Crippen molar-refractivity contribution in [2.75, 3.05) is 0 Å². The highest BCUT2D eigenvalue weighted by molar-refractivity contribution is 9.11. The molecule has 1 aromatic heterocycles. The molecule has 74 valence electrons. The fourth-order valence-electron chi connectivity index (χ4n) is 0.539. The highest BCUT2D eigenvalue weighted by atomic mass is 79.9. The van der Waals surface area contributed by atoms with Gasteiger partial charge in [0.1, 0.15) is 5.69 Å². The third kappa shape index (κ3) is 2.13. The number of hydrogen-bond donors (Lipinski definition) is 2. The van der Waals surface area contributed by atoms with Crippen LogP contribution in [0, 0.1) is 0 Å². The van der Waals surface area contributed by atoms with Crippen LogP contribution in [0.1, 0.15) is 5.69 Å². The maximum atomic E-state index is 12.8. The van der Waals surface area contributed by atoms with E-state index in [1.165, 1.54) is 0 Å². The molecule has 0 spiro atoms. The number of nitrogens with zero attached hydrogens (tertiary/aromatic N) is 1. The monoisotopic (exact) mass is 293 g/mol. The van der Waals surface area contributed by atoms with Crippen LogP contribution in [0.4, 0.5) is 8.78 Å². The summed E-state index contributed by atoms with van der Waals surface area (Å²) in [6, 6.07) is 0. The summed E-state index contributed by atoms with van der Waals surface area (Å²) in [4.78, 5) is 19.9. The second-order valence-electron chi connectivity index (χ2n) is 2.07. The van der Waals surface area contributed by atoms with E-state index in [1.54, 1.807) is 0 Å². The number of alkyl halides is 2. The van der Waals surface area contributed by atoms with Crippen molar-refractivity contribution < 1.29 is 23.1 Å². The summed E-state index contributed by atoms with van der Waals surface area (Å²) in [6.07, 6.45) is 0. The first kappa shape index (κ1) is 11.2. The molecule has 1 rings (SSSR count). The van der Waals surface area contributed by atoms with Gasteiger partial charge >= 0.3 is 13.3 Å². The Hall–Kier alpha value is 0.120. The number of rotatable bonds is 2. The molecule has 0 amide bonds. The molecule has 0 fully saturated rings. The average molecular weight is 294 g/mol. The van der Waals surface area contributed by atoms with Crippen molar-refractivity contribution in [2.24, 2.45) is 0 Å². The van der Waals surface area contributed by atoms with Crippen molar-refractivity contribution >= 4 is 34.9 Å². The quantitative estimate of drug-likeness (QED) is 0.820. The highest BCUT2D eigenvalue weighted by Gasteiger charge is 2.52. The number of halogens is 3. The molecule has 0 aliphatic rings. The Balaban J connectivity index is 3.15. The zero-order chi connectivity index (χ0) is 10.3. The summed E-state index contributed by atoms with van der Waals surface area (Å²) in [7, 11) is -5.49. The lowest BCUT2D eigenvalue weighted by Crippen LogP contribution is -2.13. The van der Waals surface area contributed by atoms with Crippen LogP contribution >= 0.6 is 34.9 Å². The molecular formula is C4H3BrF2NO3PS. The van der Waals surface area contributed by atoms with E-state index in [-0.39, 0.29) is 3.92 Å². The van der Waals surface area contributed by atoms with E-state index in [9.17, 15) is 13.3 Å². The third-order valence-electron chi connectivity index (χ3n) is 1.15. The first-order valence-electron chi connectivity index (χ1n) is 2.80. The molecular weight excluding hydrogens is 291 g/mol. The predicted octanol–water partition coefficient (Wildman–Crippen LogP) is 2.13. The van der Waals surface area contributed by atoms with Gasteiger partial charge in [-0.3, -0.25) is 4.57 Å². The van der Waals surface area contributed by atoms with E-state index in [4.69, 9.17) is 9.79 Å². The average Bonchev–Trinajstić information content (AvgIpc) is 2.33. The van der Waals surface area contributed by atoms with E-state index in [1.807, 2.05) is 0 Å². The molecule has 0 bridgehead atoms. The lowest BCUT2D eigenvalue weighted by Gasteiger charge is -2.14. The first-order chi connectivity index (χ1) is 5.75. The Kier molecular flexibility index (Phi) is 2.89. The molecule has 0 aliphatic carbocycles. The second kappa shape index (κ2) is 3.36. The lowest BCUT2D eigenvalue weighted by molar-refractivity contribution is 0.0526. The van der Waals surface area contributed by atoms with Gasteiger partial charge in [0.25, 0.3) is 0 Å². The molecule has 2 N–H and O–H groups in total.